The molecule has 1 N–H and O–H groups in total. The maximum Gasteiger partial charge on any atom is 0.161 e. The van der Waals surface area contributed by atoms with E-state index < -0.39 is 6.10 Å². The van der Waals surface area contributed by atoms with E-state index in [1.54, 1.807) is 23.6 Å². The minimum Gasteiger partial charge on any atom is -0.490 e. The van der Waals surface area contributed by atoms with Gasteiger partial charge < -0.3 is 14.6 Å². The van der Waals surface area contributed by atoms with Gasteiger partial charge in [0, 0.05) is 5.38 Å². The Morgan fingerprint density at radius 3 is 2.58 bits per heavy atom. The summed E-state index contributed by atoms with van der Waals surface area (Å²) in [5.74, 6) is 1.31. The van der Waals surface area contributed by atoms with Gasteiger partial charge in [0.2, 0.25) is 0 Å². The molecule has 102 valence electrons. The molecule has 0 spiro atoms. The summed E-state index contributed by atoms with van der Waals surface area (Å²) < 4.78 is 14.8. The van der Waals surface area contributed by atoms with Crippen molar-refractivity contribution in [3.8, 4) is 11.5 Å². The Labute approximate surface area is 116 Å². The van der Waals surface area contributed by atoms with E-state index >= 15 is 0 Å². The van der Waals surface area contributed by atoms with Crippen LogP contribution in [-0.2, 0) is 0 Å². The molecule has 0 saturated heterocycles. The van der Waals surface area contributed by atoms with E-state index in [-0.39, 0.29) is 0 Å². The summed E-state index contributed by atoms with van der Waals surface area (Å²) in [6.07, 6.45) is -0.798. The molecule has 1 aromatic heterocycles. The van der Waals surface area contributed by atoms with E-state index in [4.69, 9.17) is 9.47 Å². The van der Waals surface area contributed by atoms with Crippen LogP contribution in [0, 0.1) is 0 Å². The zero-order valence-corrected chi connectivity index (χ0v) is 11.7. The lowest BCUT2D eigenvalue weighted by molar-refractivity contribution is 0.213. The van der Waals surface area contributed by atoms with Crippen LogP contribution < -0.4 is 9.47 Å². The Hall–Kier alpha value is -1.66. The SMILES string of the molecule is CCOc1ccc(C(O)c2csnn2)cc1OCC. The summed E-state index contributed by atoms with van der Waals surface area (Å²) in [5.41, 5.74) is 1.25. The van der Waals surface area contributed by atoms with E-state index in [1.807, 2.05) is 13.8 Å². The van der Waals surface area contributed by atoms with Gasteiger partial charge in [0.1, 0.15) is 11.8 Å². The molecule has 0 aliphatic rings. The molecular weight excluding hydrogens is 264 g/mol. The third-order valence-electron chi connectivity index (χ3n) is 2.54. The first-order valence-electron chi connectivity index (χ1n) is 6.10. The van der Waals surface area contributed by atoms with Crippen LogP contribution in [0.15, 0.2) is 23.6 Å². The second-order valence-electron chi connectivity index (χ2n) is 3.80. The minimum atomic E-state index is -0.798. The average molecular weight is 280 g/mol. The van der Waals surface area contributed by atoms with E-state index in [2.05, 4.69) is 9.59 Å². The number of benzene rings is 1. The lowest BCUT2D eigenvalue weighted by Gasteiger charge is -2.14. The van der Waals surface area contributed by atoms with Gasteiger partial charge in [-0.2, -0.15) is 0 Å². The van der Waals surface area contributed by atoms with Crippen molar-refractivity contribution in [2.24, 2.45) is 0 Å². The van der Waals surface area contributed by atoms with Crippen molar-refractivity contribution < 1.29 is 14.6 Å². The average Bonchev–Trinajstić information content (AvgIpc) is 2.94. The predicted octanol–water partition coefficient (Wildman–Crippen LogP) is 2.42. The summed E-state index contributed by atoms with van der Waals surface area (Å²) >= 11 is 1.21. The second-order valence-corrected chi connectivity index (χ2v) is 4.41. The van der Waals surface area contributed by atoms with Crippen molar-refractivity contribution in [2.75, 3.05) is 13.2 Å². The number of aliphatic hydroxyl groups excluding tert-OH is 1. The monoisotopic (exact) mass is 280 g/mol. The zero-order valence-electron chi connectivity index (χ0n) is 10.9. The summed E-state index contributed by atoms with van der Waals surface area (Å²) in [5, 5.41) is 15.8. The Balaban J connectivity index is 2.29. The Morgan fingerprint density at radius 2 is 1.95 bits per heavy atom. The van der Waals surface area contributed by atoms with Crippen LogP contribution in [0.5, 0.6) is 11.5 Å². The normalized spacial score (nSPS) is 12.2. The first kappa shape index (κ1) is 13.8. The molecule has 0 bridgehead atoms. The summed E-state index contributed by atoms with van der Waals surface area (Å²) in [6, 6.07) is 5.38. The molecule has 1 heterocycles. The fraction of sp³-hybridized carbons (Fsp3) is 0.385. The third-order valence-corrected chi connectivity index (χ3v) is 3.06. The Bertz CT molecular complexity index is 517. The van der Waals surface area contributed by atoms with Crippen molar-refractivity contribution in [1.82, 2.24) is 9.59 Å². The molecule has 0 fully saturated rings. The highest BCUT2D eigenvalue weighted by molar-refractivity contribution is 7.03. The highest BCUT2D eigenvalue weighted by atomic mass is 32.1. The number of aromatic nitrogens is 2. The highest BCUT2D eigenvalue weighted by Crippen LogP contribution is 2.32. The second kappa shape index (κ2) is 6.49. The summed E-state index contributed by atoms with van der Waals surface area (Å²) in [7, 11) is 0. The lowest BCUT2D eigenvalue weighted by atomic mass is 10.1. The van der Waals surface area contributed by atoms with Crippen LogP contribution in [-0.4, -0.2) is 27.9 Å². The minimum absolute atomic E-state index is 0.539. The van der Waals surface area contributed by atoms with Gasteiger partial charge in [-0.3, -0.25) is 0 Å². The zero-order chi connectivity index (χ0) is 13.7. The van der Waals surface area contributed by atoms with Gasteiger partial charge in [0.25, 0.3) is 0 Å². The Kier molecular flexibility index (Phi) is 4.70. The molecule has 6 heteroatoms. The molecule has 1 unspecified atom stereocenters. The van der Waals surface area contributed by atoms with Crippen molar-refractivity contribution in [2.45, 2.75) is 20.0 Å². The first-order chi connectivity index (χ1) is 9.26. The molecule has 2 aromatic rings. The summed E-state index contributed by atoms with van der Waals surface area (Å²) in [4.78, 5) is 0. The maximum atomic E-state index is 10.2. The molecule has 0 radical (unpaired) electrons. The molecule has 1 aromatic carbocycles. The molecule has 0 aliphatic carbocycles. The van der Waals surface area contributed by atoms with E-state index in [9.17, 15) is 5.11 Å². The van der Waals surface area contributed by atoms with Crippen LogP contribution in [0.1, 0.15) is 31.2 Å². The number of ether oxygens (including phenoxy) is 2. The van der Waals surface area contributed by atoms with Crippen LogP contribution >= 0.6 is 11.5 Å². The van der Waals surface area contributed by atoms with Crippen molar-refractivity contribution in [3.63, 3.8) is 0 Å². The number of hydrogen-bond acceptors (Lipinski definition) is 6. The van der Waals surface area contributed by atoms with Gasteiger partial charge in [0.05, 0.1) is 13.2 Å². The van der Waals surface area contributed by atoms with E-state index in [1.165, 1.54) is 11.5 Å². The molecular formula is C13H16N2O3S. The molecule has 0 aliphatic heterocycles. The van der Waals surface area contributed by atoms with Crippen molar-refractivity contribution in [1.29, 1.82) is 0 Å². The molecule has 5 nitrogen and oxygen atoms in total. The highest BCUT2D eigenvalue weighted by Gasteiger charge is 2.16. The van der Waals surface area contributed by atoms with Gasteiger partial charge in [-0.15, -0.1) is 5.10 Å². The van der Waals surface area contributed by atoms with Crippen LogP contribution in [0.3, 0.4) is 0 Å². The van der Waals surface area contributed by atoms with Gasteiger partial charge in [0.15, 0.2) is 11.5 Å². The summed E-state index contributed by atoms with van der Waals surface area (Å²) in [6.45, 7) is 4.93. The first-order valence-corrected chi connectivity index (χ1v) is 6.94. The van der Waals surface area contributed by atoms with Crippen LogP contribution in [0.2, 0.25) is 0 Å². The van der Waals surface area contributed by atoms with Crippen LogP contribution in [0.4, 0.5) is 0 Å². The van der Waals surface area contributed by atoms with Gasteiger partial charge in [-0.25, -0.2) is 0 Å². The maximum absolute atomic E-state index is 10.2. The molecule has 19 heavy (non-hydrogen) atoms. The fourth-order valence-electron chi connectivity index (χ4n) is 1.70. The van der Waals surface area contributed by atoms with Gasteiger partial charge in [-0.1, -0.05) is 10.6 Å². The van der Waals surface area contributed by atoms with E-state index in [0.717, 1.165) is 0 Å². The molecule has 2 rings (SSSR count). The molecule has 0 amide bonds. The third kappa shape index (κ3) is 3.21. The van der Waals surface area contributed by atoms with Crippen molar-refractivity contribution >= 4 is 11.5 Å². The number of hydrogen-bond donors (Lipinski definition) is 1. The topological polar surface area (TPSA) is 64.5 Å². The largest absolute Gasteiger partial charge is 0.490 e. The van der Waals surface area contributed by atoms with Crippen molar-refractivity contribution in [3.05, 3.63) is 34.8 Å². The number of nitrogens with zero attached hydrogens (tertiary/aromatic N) is 2. The fourth-order valence-corrected chi connectivity index (χ4v) is 2.17. The molecule has 0 saturated carbocycles. The van der Waals surface area contributed by atoms with Gasteiger partial charge in [-0.05, 0) is 43.1 Å². The lowest BCUT2D eigenvalue weighted by Crippen LogP contribution is -2.03. The Morgan fingerprint density at radius 1 is 1.21 bits per heavy atom. The van der Waals surface area contributed by atoms with Gasteiger partial charge >= 0.3 is 0 Å². The predicted molar refractivity (Wildman–Crippen MR) is 72.8 cm³/mol. The quantitative estimate of drug-likeness (QED) is 0.880. The number of aliphatic hydroxyl groups is 1. The molecule has 1 atom stereocenters. The van der Waals surface area contributed by atoms with Crippen LogP contribution in [0.25, 0.3) is 0 Å². The number of rotatable bonds is 6. The standard InChI is InChI=1S/C13H16N2O3S/c1-3-17-11-6-5-9(7-12(11)18-4-2)13(16)10-8-19-15-14-10/h5-8,13,16H,3-4H2,1-2H3. The van der Waals surface area contributed by atoms with E-state index in [0.29, 0.717) is 36.0 Å². The smallest absolute Gasteiger partial charge is 0.161 e.